The van der Waals surface area contributed by atoms with Crippen LogP contribution in [0.2, 0.25) is 0 Å². The molecule has 0 radical (unpaired) electrons. The highest BCUT2D eigenvalue weighted by Gasteiger charge is 2.11. The zero-order chi connectivity index (χ0) is 23.3. The number of benzene rings is 1. The topological polar surface area (TPSA) is 71.1 Å². The lowest BCUT2D eigenvalue weighted by atomic mass is 10.1. The molecular formula is C26H42O6. The van der Waals surface area contributed by atoms with Gasteiger partial charge in [0.25, 0.3) is 0 Å². The first-order valence-corrected chi connectivity index (χ1v) is 12.3. The van der Waals surface area contributed by atoms with Crippen LogP contribution < -0.4 is 0 Å². The second kappa shape index (κ2) is 19.7. The minimum atomic E-state index is -0.438. The lowest BCUT2D eigenvalue weighted by molar-refractivity contribution is 0.0143. The molecule has 182 valence electrons. The first kappa shape index (κ1) is 28.1. The van der Waals surface area contributed by atoms with Crippen LogP contribution in [0.1, 0.15) is 98.8 Å². The van der Waals surface area contributed by atoms with Gasteiger partial charge in [-0.05, 0) is 37.1 Å². The van der Waals surface area contributed by atoms with Gasteiger partial charge >= 0.3 is 11.9 Å². The summed E-state index contributed by atoms with van der Waals surface area (Å²) in [6, 6.07) is 6.35. The van der Waals surface area contributed by atoms with Gasteiger partial charge in [-0.1, -0.05) is 65.2 Å². The summed E-state index contributed by atoms with van der Waals surface area (Å²) in [5.41, 5.74) is 0.833. The smallest absolute Gasteiger partial charge is 0.338 e. The van der Waals surface area contributed by atoms with Gasteiger partial charge in [-0.15, -0.1) is 0 Å². The fourth-order valence-electron chi connectivity index (χ4n) is 3.07. The molecule has 0 fully saturated rings. The Hall–Kier alpha value is -1.92. The van der Waals surface area contributed by atoms with Crippen molar-refractivity contribution in [3.05, 3.63) is 35.4 Å². The molecule has 0 unspecified atom stereocenters. The molecule has 0 spiro atoms. The van der Waals surface area contributed by atoms with Crippen LogP contribution in [0.3, 0.4) is 0 Å². The molecule has 1 rings (SSSR count). The van der Waals surface area contributed by atoms with E-state index in [1.807, 2.05) is 0 Å². The third kappa shape index (κ3) is 14.2. The maximum Gasteiger partial charge on any atom is 0.338 e. The molecular weight excluding hydrogens is 408 g/mol. The molecule has 6 nitrogen and oxygen atoms in total. The van der Waals surface area contributed by atoms with Crippen molar-refractivity contribution in [3.8, 4) is 0 Å². The van der Waals surface area contributed by atoms with E-state index >= 15 is 0 Å². The molecule has 0 saturated carbocycles. The summed E-state index contributed by atoms with van der Waals surface area (Å²) in [7, 11) is 0. The molecule has 0 aliphatic rings. The zero-order valence-electron chi connectivity index (χ0n) is 20.1. The van der Waals surface area contributed by atoms with Crippen molar-refractivity contribution in [2.45, 2.75) is 78.1 Å². The van der Waals surface area contributed by atoms with Gasteiger partial charge in [-0.2, -0.15) is 0 Å². The molecule has 0 aromatic heterocycles. The third-order valence-corrected chi connectivity index (χ3v) is 5.06. The van der Waals surface area contributed by atoms with Crippen LogP contribution >= 0.6 is 0 Å². The van der Waals surface area contributed by atoms with Crippen LogP contribution in [0.15, 0.2) is 24.3 Å². The number of carbonyl (C=O) groups excluding carboxylic acids is 2. The molecule has 6 heteroatoms. The lowest BCUT2D eigenvalue weighted by Gasteiger charge is -2.08. The second-order valence-corrected chi connectivity index (χ2v) is 7.90. The Kier molecular flexibility index (Phi) is 17.3. The van der Waals surface area contributed by atoms with E-state index in [2.05, 4.69) is 13.8 Å². The number of hydrogen-bond donors (Lipinski definition) is 0. The minimum Gasteiger partial charge on any atom is -0.462 e. The summed E-state index contributed by atoms with van der Waals surface area (Å²) >= 11 is 0. The van der Waals surface area contributed by atoms with Crippen LogP contribution in [0.4, 0.5) is 0 Å². The SMILES string of the molecule is CCCCCCCCCCOC(=O)c1ccc(C(=O)OCCOCCOCCCC)cc1. The van der Waals surface area contributed by atoms with Gasteiger partial charge in [0, 0.05) is 6.61 Å². The zero-order valence-corrected chi connectivity index (χ0v) is 20.1. The quantitative estimate of drug-likeness (QED) is 0.180. The van der Waals surface area contributed by atoms with Gasteiger partial charge in [0.1, 0.15) is 6.61 Å². The molecule has 0 bridgehead atoms. The van der Waals surface area contributed by atoms with E-state index in [-0.39, 0.29) is 12.6 Å². The minimum absolute atomic E-state index is 0.177. The van der Waals surface area contributed by atoms with Gasteiger partial charge in [0.2, 0.25) is 0 Å². The number of unbranched alkanes of at least 4 members (excludes halogenated alkanes) is 8. The maximum atomic E-state index is 12.1. The standard InChI is InChI=1S/C26H42O6/c1-3-5-7-8-9-10-11-12-18-31-25(27)23-13-15-24(16-14-23)26(28)32-22-21-30-20-19-29-17-6-4-2/h13-16H,3-12,17-22H2,1-2H3. The number of rotatable bonds is 20. The van der Waals surface area contributed by atoms with Crippen LogP contribution in [-0.4, -0.2) is 51.6 Å². The molecule has 0 amide bonds. The number of carbonyl (C=O) groups is 2. The van der Waals surface area contributed by atoms with Crippen molar-refractivity contribution in [2.75, 3.05) is 39.6 Å². The van der Waals surface area contributed by atoms with Crippen molar-refractivity contribution in [2.24, 2.45) is 0 Å². The first-order chi connectivity index (χ1) is 15.7. The molecule has 32 heavy (non-hydrogen) atoms. The fourth-order valence-corrected chi connectivity index (χ4v) is 3.07. The Morgan fingerprint density at radius 3 is 1.53 bits per heavy atom. The van der Waals surface area contributed by atoms with Gasteiger partial charge < -0.3 is 18.9 Å². The fraction of sp³-hybridized carbons (Fsp3) is 0.692. The summed E-state index contributed by atoms with van der Waals surface area (Å²) in [5, 5.41) is 0. The van der Waals surface area contributed by atoms with Crippen LogP contribution in [0.25, 0.3) is 0 Å². The highest BCUT2D eigenvalue weighted by atomic mass is 16.6. The van der Waals surface area contributed by atoms with E-state index < -0.39 is 5.97 Å². The normalized spacial score (nSPS) is 10.8. The molecule has 0 heterocycles. The molecule has 1 aromatic rings. The van der Waals surface area contributed by atoms with Crippen molar-refractivity contribution in [1.82, 2.24) is 0 Å². The Labute approximate surface area is 194 Å². The summed E-state index contributed by atoms with van der Waals surface area (Å²) in [5.74, 6) is -0.797. The Bertz CT molecular complexity index is 546. The van der Waals surface area contributed by atoms with Gasteiger partial charge in [0.15, 0.2) is 0 Å². The first-order valence-electron chi connectivity index (χ1n) is 12.3. The molecule has 1 aromatic carbocycles. The number of ether oxygens (including phenoxy) is 4. The van der Waals surface area contributed by atoms with E-state index in [1.165, 1.54) is 38.5 Å². The predicted molar refractivity (Wildman–Crippen MR) is 126 cm³/mol. The van der Waals surface area contributed by atoms with E-state index in [0.717, 1.165) is 32.3 Å². The monoisotopic (exact) mass is 450 g/mol. The summed E-state index contributed by atoms with van der Waals surface area (Å²) < 4.78 is 21.3. The van der Waals surface area contributed by atoms with Gasteiger partial charge in [0.05, 0.1) is 37.6 Å². The molecule has 0 aliphatic heterocycles. The molecule has 0 atom stereocenters. The molecule has 0 saturated heterocycles. The largest absolute Gasteiger partial charge is 0.462 e. The van der Waals surface area contributed by atoms with Gasteiger partial charge in [-0.3, -0.25) is 0 Å². The molecule has 0 N–H and O–H groups in total. The van der Waals surface area contributed by atoms with Crippen LogP contribution in [0, 0.1) is 0 Å². The van der Waals surface area contributed by atoms with Gasteiger partial charge in [-0.25, -0.2) is 9.59 Å². The van der Waals surface area contributed by atoms with E-state index in [4.69, 9.17) is 18.9 Å². The Morgan fingerprint density at radius 1 is 0.531 bits per heavy atom. The number of esters is 2. The van der Waals surface area contributed by atoms with Crippen LogP contribution in [0.5, 0.6) is 0 Å². The highest BCUT2D eigenvalue weighted by molar-refractivity contribution is 5.93. The average Bonchev–Trinajstić information content (AvgIpc) is 2.81. The summed E-state index contributed by atoms with van der Waals surface area (Å²) in [6.45, 7) is 7.05. The van der Waals surface area contributed by atoms with Crippen LogP contribution in [-0.2, 0) is 18.9 Å². The van der Waals surface area contributed by atoms with Crippen molar-refractivity contribution < 1.29 is 28.5 Å². The van der Waals surface area contributed by atoms with E-state index in [1.54, 1.807) is 24.3 Å². The highest BCUT2D eigenvalue weighted by Crippen LogP contribution is 2.10. The Morgan fingerprint density at radius 2 is 0.969 bits per heavy atom. The van der Waals surface area contributed by atoms with Crippen molar-refractivity contribution >= 4 is 11.9 Å². The maximum absolute atomic E-state index is 12.1. The second-order valence-electron chi connectivity index (χ2n) is 7.90. The van der Waals surface area contributed by atoms with Crippen molar-refractivity contribution in [1.29, 1.82) is 0 Å². The van der Waals surface area contributed by atoms with E-state index in [0.29, 0.717) is 37.6 Å². The summed E-state index contributed by atoms with van der Waals surface area (Å²) in [4.78, 5) is 24.2. The average molecular weight is 451 g/mol. The Balaban J connectivity index is 2.11. The number of hydrogen-bond acceptors (Lipinski definition) is 6. The lowest BCUT2D eigenvalue weighted by Crippen LogP contribution is -2.13. The third-order valence-electron chi connectivity index (χ3n) is 5.06. The van der Waals surface area contributed by atoms with E-state index in [9.17, 15) is 9.59 Å². The van der Waals surface area contributed by atoms with Crippen molar-refractivity contribution in [3.63, 3.8) is 0 Å². The summed E-state index contributed by atoms with van der Waals surface area (Å²) in [6.07, 6.45) is 11.8. The predicted octanol–water partition coefficient (Wildman–Crippen LogP) is 5.97. The molecule has 0 aliphatic carbocycles.